The molecule has 24 heavy (non-hydrogen) atoms. The Morgan fingerprint density at radius 2 is 1.38 bits per heavy atom. The fraction of sp³-hybridized carbons (Fsp3) is 0.278. The lowest BCUT2D eigenvalue weighted by Gasteiger charge is -2.13. The molecular weight excluding hydrogens is 312 g/mol. The Hall–Kier alpha value is -2.89. The third-order valence-corrected chi connectivity index (χ3v) is 3.47. The van der Waals surface area contributed by atoms with Gasteiger partial charge >= 0.3 is 5.97 Å². The molecule has 0 bridgehead atoms. The van der Waals surface area contributed by atoms with Gasteiger partial charge in [-0.05, 0) is 36.4 Å². The second-order valence-corrected chi connectivity index (χ2v) is 4.82. The van der Waals surface area contributed by atoms with E-state index in [1.807, 2.05) is 0 Å². The van der Waals surface area contributed by atoms with Crippen LogP contribution in [-0.4, -0.2) is 34.4 Å². The molecule has 0 radical (unpaired) electrons. The van der Waals surface area contributed by atoms with Gasteiger partial charge in [0.2, 0.25) is 0 Å². The van der Waals surface area contributed by atoms with E-state index in [-0.39, 0.29) is 6.61 Å². The maximum absolute atomic E-state index is 12.4. The Labute approximate surface area is 140 Å². The Morgan fingerprint density at radius 3 is 1.96 bits per heavy atom. The Kier molecular flexibility index (Phi) is 5.89. The van der Waals surface area contributed by atoms with Crippen molar-refractivity contribution in [2.45, 2.75) is 6.61 Å². The molecule has 0 heterocycles. The average Bonchev–Trinajstić information content (AvgIpc) is 2.65. The van der Waals surface area contributed by atoms with Gasteiger partial charge in [0.05, 0.1) is 28.4 Å². The number of methoxy groups -OCH3 is 4. The van der Waals surface area contributed by atoms with Crippen molar-refractivity contribution >= 4 is 5.97 Å². The van der Waals surface area contributed by atoms with Gasteiger partial charge in [-0.3, -0.25) is 0 Å². The van der Waals surface area contributed by atoms with Crippen LogP contribution in [0.2, 0.25) is 0 Å². The number of benzene rings is 2. The highest BCUT2D eigenvalue weighted by Crippen LogP contribution is 2.27. The molecule has 0 saturated carbocycles. The van der Waals surface area contributed by atoms with Gasteiger partial charge in [0.25, 0.3) is 0 Å². The molecular formula is C18H20O6. The van der Waals surface area contributed by atoms with Crippen molar-refractivity contribution in [2.75, 3.05) is 28.4 Å². The van der Waals surface area contributed by atoms with Crippen LogP contribution < -0.4 is 18.9 Å². The number of rotatable bonds is 7. The summed E-state index contributed by atoms with van der Waals surface area (Å²) in [5.74, 6) is 1.71. The SMILES string of the molecule is COc1ccc(OC)c(COC(=O)c2cc(OC)ccc2OC)c1. The van der Waals surface area contributed by atoms with Crippen LogP contribution in [0, 0.1) is 0 Å². The van der Waals surface area contributed by atoms with E-state index in [1.54, 1.807) is 50.6 Å². The van der Waals surface area contributed by atoms with Crippen LogP contribution in [-0.2, 0) is 11.3 Å². The third kappa shape index (κ3) is 3.90. The van der Waals surface area contributed by atoms with Crippen molar-refractivity contribution in [2.24, 2.45) is 0 Å². The number of carbonyl (C=O) groups excluding carboxylic acids is 1. The maximum Gasteiger partial charge on any atom is 0.342 e. The van der Waals surface area contributed by atoms with Gasteiger partial charge in [-0.1, -0.05) is 0 Å². The smallest absolute Gasteiger partial charge is 0.342 e. The lowest BCUT2D eigenvalue weighted by molar-refractivity contribution is 0.0466. The molecule has 6 nitrogen and oxygen atoms in total. The van der Waals surface area contributed by atoms with Crippen LogP contribution in [0.4, 0.5) is 0 Å². The first kappa shape index (κ1) is 17.5. The first-order valence-corrected chi connectivity index (χ1v) is 7.23. The molecule has 0 N–H and O–H groups in total. The standard InChI is InChI=1S/C18H20O6/c1-20-13-5-7-16(22-3)12(9-13)11-24-18(19)15-10-14(21-2)6-8-17(15)23-4/h5-10H,11H2,1-4H3. The molecule has 0 aliphatic rings. The highest BCUT2D eigenvalue weighted by molar-refractivity contribution is 5.93. The molecule has 2 rings (SSSR count). The second-order valence-electron chi connectivity index (χ2n) is 4.82. The molecule has 0 fully saturated rings. The third-order valence-electron chi connectivity index (χ3n) is 3.47. The first-order valence-electron chi connectivity index (χ1n) is 7.23. The highest BCUT2D eigenvalue weighted by Gasteiger charge is 2.16. The number of carbonyl (C=O) groups is 1. The van der Waals surface area contributed by atoms with E-state index in [4.69, 9.17) is 23.7 Å². The van der Waals surface area contributed by atoms with Crippen molar-refractivity contribution in [1.82, 2.24) is 0 Å². The van der Waals surface area contributed by atoms with Gasteiger partial charge < -0.3 is 23.7 Å². The zero-order valence-corrected chi connectivity index (χ0v) is 14.1. The Morgan fingerprint density at radius 1 is 0.792 bits per heavy atom. The maximum atomic E-state index is 12.4. The summed E-state index contributed by atoms with van der Waals surface area (Å²) in [6.07, 6.45) is 0. The fourth-order valence-electron chi connectivity index (χ4n) is 2.19. The van der Waals surface area contributed by atoms with Crippen molar-refractivity contribution in [3.8, 4) is 23.0 Å². The lowest BCUT2D eigenvalue weighted by atomic mass is 10.2. The summed E-state index contributed by atoms with van der Waals surface area (Å²) in [5.41, 5.74) is 0.991. The number of esters is 1. The molecule has 2 aromatic carbocycles. The van der Waals surface area contributed by atoms with Crippen LogP contribution >= 0.6 is 0 Å². The summed E-state index contributed by atoms with van der Waals surface area (Å²) < 4.78 is 26.2. The number of hydrogen-bond donors (Lipinski definition) is 0. The fourth-order valence-corrected chi connectivity index (χ4v) is 2.19. The largest absolute Gasteiger partial charge is 0.497 e. The van der Waals surface area contributed by atoms with Gasteiger partial charge in [-0.25, -0.2) is 4.79 Å². The molecule has 2 aromatic rings. The van der Waals surface area contributed by atoms with E-state index < -0.39 is 5.97 Å². The molecule has 0 aromatic heterocycles. The van der Waals surface area contributed by atoms with E-state index >= 15 is 0 Å². The normalized spacial score (nSPS) is 10.0. The van der Waals surface area contributed by atoms with E-state index in [2.05, 4.69) is 0 Å². The monoisotopic (exact) mass is 332 g/mol. The van der Waals surface area contributed by atoms with Crippen LogP contribution in [0.5, 0.6) is 23.0 Å². The minimum atomic E-state index is -0.518. The molecule has 0 aliphatic carbocycles. The van der Waals surface area contributed by atoms with Gasteiger partial charge in [0.15, 0.2) is 0 Å². The van der Waals surface area contributed by atoms with E-state index in [9.17, 15) is 4.79 Å². The summed E-state index contributed by atoms with van der Waals surface area (Å²) in [4.78, 5) is 12.4. The predicted octanol–water partition coefficient (Wildman–Crippen LogP) is 3.08. The molecule has 0 atom stereocenters. The minimum Gasteiger partial charge on any atom is -0.497 e. The van der Waals surface area contributed by atoms with Gasteiger partial charge in [0.1, 0.15) is 35.2 Å². The van der Waals surface area contributed by atoms with Crippen molar-refractivity contribution in [1.29, 1.82) is 0 Å². The van der Waals surface area contributed by atoms with Crippen LogP contribution in [0.1, 0.15) is 15.9 Å². The zero-order chi connectivity index (χ0) is 17.5. The van der Waals surface area contributed by atoms with E-state index in [1.165, 1.54) is 14.2 Å². The lowest BCUT2D eigenvalue weighted by Crippen LogP contribution is -2.08. The Bertz CT molecular complexity index is 711. The number of ether oxygens (including phenoxy) is 5. The van der Waals surface area contributed by atoms with Crippen molar-refractivity contribution in [3.05, 3.63) is 47.5 Å². The highest BCUT2D eigenvalue weighted by atomic mass is 16.5. The van der Waals surface area contributed by atoms with E-state index in [0.29, 0.717) is 34.1 Å². The molecule has 128 valence electrons. The first-order chi connectivity index (χ1) is 11.6. The molecule has 0 unspecified atom stereocenters. The predicted molar refractivity (Wildman–Crippen MR) is 88.2 cm³/mol. The zero-order valence-electron chi connectivity index (χ0n) is 14.1. The summed E-state index contributed by atoms with van der Waals surface area (Å²) in [5, 5.41) is 0. The summed E-state index contributed by atoms with van der Waals surface area (Å²) in [6, 6.07) is 10.2. The summed E-state index contributed by atoms with van der Waals surface area (Å²) in [7, 11) is 6.14. The van der Waals surface area contributed by atoms with Crippen LogP contribution in [0.25, 0.3) is 0 Å². The quantitative estimate of drug-likeness (QED) is 0.726. The summed E-state index contributed by atoms with van der Waals surface area (Å²) >= 11 is 0. The second kappa shape index (κ2) is 8.10. The van der Waals surface area contributed by atoms with Crippen LogP contribution in [0.15, 0.2) is 36.4 Å². The van der Waals surface area contributed by atoms with Crippen molar-refractivity contribution < 1.29 is 28.5 Å². The van der Waals surface area contributed by atoms with Gasteiger partial charge in [-0.15, -0.1) is 0 Å². The average molecular weight is 332 g/mol. The van der Waals surface area contributed by atoms with Gasteiger partial charge in [0, 0.05) is 5.56 Å². The minimum absolute atomic E-state index is 0.0412. The number of hydrogen-bond acceptors (Lipinski definition) is 6. The molecule has 0 saturated heterocycles. The summed E-state index contributed by atoms with van der Waals surface area (Å²) in [6.45, 7) is 0.0412. The molecule has 0 aliphatic heterocycles. The van der Waals surface area contributed by atoms with E-state index in [0.717, 1.165) is 0 Å². The van der Waals surface area contributed by atoms with Crippen molar-refractivity contribution in [3.63, 3.8) is 0 Å². The molecule has 0 amide bonds. The van der Waals surface area contributed by atoms with Crippen LogP contribution in [0.3, 0.4) is 0 Å². The molecule has 0 spiro atoms. The molecule has 6 heteroatoms. The van der Waals surface area contributed by atoms with Gasteiger partial charge in [-0.2, -0.15) is 0 Å². The topological polar surface area (TPSA) is 63.2 Å². The Balaban J connectivity index is 2.19.